The summed E-state index contributed by atoms with van der Waals surface area (Å²) in [5.41, 5.74) is 4.13. The predicted octanol–water partition coefficient (Wildman–Crippen LogP) is 2.32. The highest BCUT2D eigenvalue weighted by molar-refractivity contribution is 9.10. The second kappa shape index (κ2) is 7.46. The van der Waals surface area contributed by atoms with Gasteiger partial charge in [-0.2, -0.15) is 5.10 Å². The standard InChI is InChI=1S/C15H13BrN4O2/c1-10(11-6-8-17-9-7-11)19-20-15(22)14(21)18-13-4-2-12(16)3-5-13/h2-9H,1H3,(H,18,21)(H,20,22)/b19-10+. The van der Waals surface area contributed by atoms with Crippen molar-refractivity contribution in [3.63, 3.8) is 0 Å². The number of rotatable bonds is 3. The van der Waals surface area contributed by atoms with Crippen molar-refractivity contribution in [3.8, 4) is 0 Å². The fourth-order valence-electron chi connectivity index (χ4n) is 1.56. The number of nitrogens with zero attached hydrogens (tertiary/aromatic N) is 2. The average molecular weight is 361 g/mol. The fourth-order valence-corrected chi connectivity index (χ4v) is 1.83. The third-order valence-corrected chi connectivity index (χ3v) is 3.26. The van der Waals surface area contributed by atoms with Gasteiger partial charge in [0.05, 0.1) is 5.71 Å². The summed E-state index contributed by atoms with van der Waals surface area (Å²) in [7, 11) is 0. The van der Waals surface area contributed by atoms with Gasteiger partial charge in [-0.15, -0.1) is 0 Å². The summed E-state index contributed by atoms with van der Waals surface area (Å²) < 4.78 is 0.882. The molecule has 0 aliphatic carbocycles. The van der Waals surface area contributed by atoms with Crippen LogP contribution in [0.4, 0.5) is 5.69 Å². The second-order valence-electron chi connectivity index (χ2n) is 4.34. The summed E-state index contributed by atoms with van der Waals surface area (Å²) in [6.45, 7) is 1.72. The Kier molecular flexibility index (Phi) is 5.37. The summed E-state index contributed by atoms with van der Waals surface area (Å²) >= 11 is 3.29. The van der Waals surface area contributed by atoms with E-state index in [2.05, 4.69) is 36.8 Å². The van der Waals surface area contributed by atoms with E-state index < -0.39 is 11.8 Å². The average Bonchev–Trinajstić information content (AvgIpc) is 2.55. The normalized spacial score (nSPS) is 10.9. The van der Waals surface area contributed by atoms with Crippen LogP contribution in [-0.4, -0.2) is 22.5 Å². The molecule has 0 saturated heterocycles. The number of anilines is 1. The van der Waals surface area contributed by atoms with E-state index >= 15 is 0 Å². The lowest BCUT2D eigenvalue weighted by Crippen LogP contribution is -2.32. The number of hydrogen-bond acceptors (Lipinski definition) is 4. The molecule has 2 rings (SSSR count). The quantitative estimate of drug-likeness (QED) is 0.500. The number of carbonyl (C=O) groups is 2. The molecule has 22 heavy (non-hydrogen) atoms. The molecule has 0 aliphatic rings. The number of aromatic nitrogens is 1. The van der Waals surface area contributed by atoms with Crippen LogP contribution in [0, 0.1) is 0 Å². The largest absolute Gasteiger partial charge is 0.329 e. The van der Waals surface area contributed by atoms with Crippen LogP contribution in [0.3, 0.4) is 0 Å². The molecule has 0 radical (unpaired) electrons. The van der Waals surface area contributed by atoms with Crippen molar-refractivity contribution in [2.45, 2.75) is 6.92 Å². The topological polar surface area (TPSA) is 83.5 Å². The number of carbonyl (C=O) groups excluding carboxylic acids is 2. The van der Waals surface area contributed by atoms with Gasteiger partial charge in [0.1, 0.15) is 0 Å². The highest BCUT2D eigenvalue weighted by Crippen LogP contribution is 2.13. The molecule has 0 atom stereocenters. The molecule has 0 bridgehead atoms. The summed E-state index contributed by atoms with van der Waals surface area (Å²) in [4.78, 5) is 27.3. The van der Waals surface area contributed by atoms with Gasteiger partial charge in [-0.05, 0) is 43.3 Å². The van der Waals surface area contributed by atoms with Crippen molar-refractivity contribution in [1.82, 2.24) is 10.4 Å². The van der Waals surface area contributed by atoms with Gasteiger partial charge in [0.25, 0.3) is 0 Å². The maximum absolute atomic E-state index is 11.7. The van der Waals surface area contributed by atoms with Gasteiger partial charge in [-0.25, -0.2) is 5.43 Å². The Hall–Kier alpha value is -2.54. The van der Waals surface area contributed by atoms with Gasteiger partial charge < -0.3 is 5.32 Å². The van der Waals surface area contributed by atoms with E-state index in [0.29, 0.717) is 11.4 Å². The van der Waals surface area contributed by atoms with Crippen molar-refractivity contribution in [2.24, 2.45) is 5.10 Å². The first-order valence-electron chi connectivity index (χ1n) is 6.38. The predicted molar refractivity (Wildman–Crippen MR) is 87.4 cm³/mol. The van der Waals surface area contributed by atoms with E-state index in [-0.39, 0.29) is 0 Å². The number of hydrazone groups is 1. The van der Waals surface area contributed by atoms with Crippen molar-refractivity contribution in [3.05, 3.63) is 58.8 Å². The lowest BCUT2D eigenvalue weighted by atomic mass is 10.2. The van der Waals surface area contributed by atoms with E-state index in [4.69, 9.17) is 0 Å². The molecule has 0 unspecified atom stereocenters. The van der Waals surface area contributed by atoms with Gasteiger partial charge in [-0.1, -0.05) is 15.9 Å². The number of benzene rings is 1. The molecule has 0 spiro atoms. The molecule has 1 aromatic carbocycles. The Bertz CT molecular complexity index is 699. The smallest absolute Gasteiger partial charge is 0.318 e. The molecule has 7 heteroatoms. The summed E-state index contributed by atoms with van der Waals surface area (Å²) in [6.07, 6.45) is 3.24. The summed E-state index contributed by atoms with van der Waals surface area (Å²) in [6, 6.07) is 10.4. The summed E-state index contributed by atoms with van der Waals surface area (Å²) in [5.74, 6) is -1.62. The van der Waals surface area contributed by atoms with Crippen LogP contribution in [0.1, 0.15) is 12.5 Å². The lowest BCUT2D eigenvalue weighted by molar-refractivity contribution is -0.136. The minimum absolute atomic E-state index is 0.526. The van der Waals surface area contributed by atoms with Crippen molar-refractivity contribution < 1.29 is 9.59 Å². The van der Waals surface area contributed by atoms with Crippen LogP contribution in [-0.2, 0) is 9.59 Å². The maximum Gasteiger partial charge on any atom is 0.329 e. The highest BCUT2D eigenvalue weighted by Gasteiger charge is 2.13. The Morgan fingerprint density at radius 3 is 2.32 bits per heavy atom. The molecule has 2 N–H and O–H groups in total. The minimum Gasteiger partial charge on any atom is -0.318 e. The number of halogens is 1. The van der Waals surface area contributed by atoms with Gasteiger partial charge in [-0.3, -0.25) is 14.6 Å². The van der Waals surface area contributed by atoms with Crippen LogP contribution in [0.25, 0.3) is 0 Å². The molecule has 1 heterocycles. The third kappa shape index (κ3) is 4.49. The Morgan fingerprint density at radius 2 is 1.68 bits per heavy atom. The molecule has 6 nitrogen and oxygen atoms in total. The first kappa shape index (κ1) is 15.8. The highest BCUT2D eigenvalue weighted by atomic mass is 79.9. The van der Waals surface area contributed by atoms with Crippen LogP contribution in [0.5, 0.6) is 0 Å². The van der Waals surface area contributed by atoms with E-state index in [1.165, 1.54) is 0 Å². The third-order valence-electron chi connectivity index (χ3n) is 2.73. The van der Waals surface area contributed by atoms with E-state index in [0.717, 1.165) is 10.0 Å². The molecule has 2 aromatic rings. The molecule has 112 valence electrons. The zero-order valence-corrected chi connectivity index (χ0v) is 13.3. The van der Waals surface area contributed by atoms with Crippen molar-refractivity contribution in [1.29, 1.82) is 0 Å². The minimum atomic E-state index is -0.837. The van der Waals surface area contributed by atoms with Gasteiger partial charge >= 0.3 is 11.8 Å². The molecule has 0 saturated carbocycles. The van der Waals surface area contributed by atoms with E-state index in [1.807, 2.05) is 0 Å². The number of pyridine rings is 1. The van der Waals surface area contributed by atoms with Crippen molar-refractivity contribution >= 4 is 39.1 Å². The van der Waals surface area contributed by atoms with E-state index in [9.17, 15) is 9.59 Å². The fraction of sp³-hybridized carbons (Fsp3) is 0.0667. The molecular formula is C15H13BrN4O2. The first-order valence-corrected chi connectivity index (χ1v) is 7.17. The van der Waals surface area contributed by atoms with Crippen LogP contribution < -0.4 is 10.7 Å². The monoisotopic (exact) mass is 360 g/mol. The molecule has 2 amide bonds. The number of hydrogen-bond donors (Lipinski definition) is 2. The zero-order valence-electron chi connectivity index (χ0n) is 11.7. The molecule has 0 fully saturated rings. The van der Waals surface area contributed by atoms with E-state index in [1.54, 1.807) is 55.7 Å². The summed E-state index contributed by atoms with van der Waals surface area (Å²) in [5, 5.41) is 6.37. The molecule has 0 aliphatic heterocycles. The SMILES string of the molecule is C/C(=N\NC(=O)C(=O)Nc1ccc(Br)cc1)c1ccncc1. The Morgan fingerprint density at radius 1 is 1.05 bits per heavy atom. The Labute approximate surface area is 135 Å². The number of nitrogens with one attached hydrogen (secondary N) is 2. The molecule has 1 aromatic heterocycles. The first-order chi connectivity index (χ1) is 10.6. The van der Waals surface area contributed by atoms with Crippen LogP contribution in [0.2, 0.25) is 0 Å². The zero-order chi connectivity index (χ0) is 15.9. The van der Waals surface area contributed by atoms with Gasteiger partial charge in [0, 0.05) is 28.1 Å². The van der Waals surface area contributed by atoms with Crippen molar-refractivity contribution in [2.75, 3.05) is 5.32 Å². The lowest BCUT2D eigenvalue weighted by Gasteiger charge is -2.05. The maximum atomic E-state index is 11.7. The molecular weight excluding hydrogens is 348 g/mol. The van der Waals surface area contributed by atoms with Crippen LogP contribution >= 0.6 is 15.9 Å². The second-order valence-corrected chi connectivity index (χ2v) is 5.25. The number of amides is 2. The van der Waals surface area contributed by atoms with Gasteiger partial charge in [0.15, 0.2) is 0 Å². The Balaban J connectivity index is 1.94. The van der Waals surface area contributed by atoms with Gasteiger partial charge in [0.2, 0.25) is 0 Å². The van der Waals surface area contributed by atoms with Crippen LogP contribution in [0.15, 0.2) is 58.4 Å².